The fraction of sp³-hybridized carbons (Fsp3) is 0.571. The highest BCUT2D eigenvalue weighted by atomic mass is 32.1. The summed E-state index contributed by atoms with van der Waals surface area (Å²) in [6.07, 6.45) is 0. The first-order chi connectivity index (χ1) is 10.4. The molecule has 1 unspecified atom stereocenters. The molecule has 120 valence electrons. The third-order valence-electron chi connectivity index (χ3n) is 2.90. The van der Waals surface area contributed by atoms with Gasteiger partial charge in [-0.15, -0.1) is 11.3 Å². The summed E-state index contributed by atoms with van der Waals surface area (Å²) in [6.45, 7) is 7.14. The second kappa shape index (κ2) is 7.87. The number of phosphoric acid groups is 1. The van der Waals surface area contributed by atoms with Crippen molar-refractivity contribution in [2.45, 2.75) is 33.3 Å². The summed E-state index contributed by atoms with van der Waals surface area (Å²) in [5, 5.41) is 20.3. The molecule has 0 amide bonds. The summed E-state index contributed by atoms with van der Waals surface area (Å²) in [6, 6.07) is 5.66. The van der Waals surface area contributed by atoms with Crippen LogP contribution in [0.3, 0.4) is 0 Å². The van der Waals surface area contributed by atoms with Crippen LogP contribution < -0.4 is 0 Å². The first-order valence-corrected chi connectivity index (χ1v) is 9.21. The van der Waals surface area contributed by atoms with Gasteiger partial charge in [0.15, 0.2) is 0 Å². The molecule has 1 heterocycles. The maximum absolute atomic E-state index is 12.7. The highest BCUT2D eigenvalue weighted by Crippen LogP contribution is 2.57. The van der Waals surface area contributed by atoms with Gasteiger partial charge in [0, 0.05) is 11.3 Å². The molecule has 0 spiro atoms. The Kier molecular flexibility index (Phi) is 6.74. The fourth-order valence-corrected chi connectivity index (χ4v) is 4.46. The predicted molar refractivity (Wildman–Crippen MR) is 83.1 cm³/mol. The summed E-state index contributed by atoms with van der Waals surface area (Å²) < 4.78 is 28.5. The van der Waals surface area contributed by atoms with Crippen molar-refractivity contribution in [3.05, 3.63) is 21.9 Å². The Morgan fingerprint density at radius 2 is 1.91 bits per heavy atom. The van der Waals surface area contributed by atoms with E-state index >= 15 is 0 Å². The highest BCUT2D eigenvalue weighted by Gasteiger charge is 2.46. The average molecular weight is 342 g/mol. The molecule has 0 aliphatic carbocycles. The molecule has 0 N–H and O–H groups in total. The lowest BCUT2D eigenvalue weighted by molar-refractivity contribution is 0.0179. The summed E-state index contributed by atoms with van der Waals surface area (Å²) in [7, 11) is -3.87. The van der Waals surface area contributed by atoms with Gasteiger partial charge < -0.3 is 0 Å². The van der Waals surface area contributed by atoms with Gasteiger partial charge in [0.05, 0.1) is 23.7 Å². The summed E-state index contributed by atoms with van der Waals surface area (Å²) >= 11 is 1.21. The maximum Gasteiger partial charge on any atom is 0.476 e. The van der Waals surface area contributed by atoms with Crippen LogP contribution in [0.4, 0.5) is 0 Å². The van der Waals surface area contributed by atoms with Crippen molar-refractivity contribution >= 4 is 19.2 Å². The molecule has 0 fully saturated rings. The number of thiophene rings is 1. The topological polar surface area (TPSA) is 92.3 Å². The fourth-order valence-electron chi connectivity index (χ4n) is 1.81. The Hall–Kier alpha value is -1.21. The van der Waals surface area contributed by atoms with Crippen molar-refractivity contribution < 1.29 is 18.1 Å². The van der Waals surface area contributed by atoms with Gasteiger partial charge >= 0.3 is 7.82 Å². The van der Waals surface area contributed by atoms with E-state index in [1.54, 1.807) is 39.1 Å². The quantitative estimate of drug-likeness (QED) is 0.658. The molecule has 0 aliphatic rings. The third kappa shape index (κ3) is 3.95. The van der Waals surface area contributed by atoms with Gasteiger partial charge in [-0.25, -0.2) is 4.57 Å². The van der Waals surface area contributed by atoms with Crippen molar-refractivity contribution in [2.24, 2.45) is 5.92 Å². The van der Waals surface area contributed by atoms with Crippen molar-refractivity contribution in [3.8, 4) is 12.1 Å². The van der Waals surface area contributed by atoms with Crippen LogP contribution in [-0.4, -0.2) is 13.2 Å². The van der Waals surface area contributed by atoms with Crippen LogP contribution in [0.2, 0.25) is 0 Å². The third-order valence-corrected chi connectivity index (χ3v) is 5.61. The maximum atomic E-state index is 12.7. The Morgan fingerprint density at radius 1 is 1.32 bits per heavy atom. The average Bonchev–Trinajstić information content (AvgIpc) is 2.94. The molecule has 6 nitrogen and oxygen atoms in total. The monoisotopic (exact) mass is 342 g/mol. The minimum Gasteiger partial charge on any atom is -0.287 e. The van der Waals surface area contributed by atoms with Crippen LogP contribution in [0.1, 0.15) is 38.1 Å². The molecule has 8 heteroatoms. The minimum absolute atomic E-state index is 0.130. The SMILES string of the molecule is CCOP(=O)(OCC)OC(C#N)(c1cc(C#N)cs1)C(C)C. The lowest BCUT2D eigenvalue weighted by Gasteiger charge is -2.32. The second-order valence-electron chi connectivity index (χ2n) is 4.69. The molecule has 22 heavy (non-hydrogen) atoms. The Balaban J connectivity index is 3.31. The van der Waals surface area contributed by atoms with Crippen LogP contribution in [0.25, 0.3) is 0 Å². The molecule has 0 radical (unpaired) electrons. The van der Waals surface area contributed by atoms with Gasteiger partial charge in [0.1, 0.15) is 12.1 Å². The van der Waals surface area contributed by atoms with Crippen molar-refractivity contribution in [1.29, 1.82) is 10.5 Å². The molecule has 1 aromatic rings. The van der Waals surface area contributed by atoms with E-state index in [0.717, 1.165) is 0 Å². The molecule has 1 aromatic heterocycles. The van der Waals surface area contributed by atoms with Gasteiger partial charge in [-0.3, -0.25) is 13.6 Å². The molecule has 0 aromatic carbocycles. The molecule has 0 saturated carbocycles. The number of rotatable bonds is 8. The van der Waals surface area contributed by atoms with Crippen LogP contribution in [0.5, 0.6) is 0 Å². The van der Waals surface area contributed by atoms with Crippen molar-refractivity contribution in [2.75, 3.05) is 13.2 Å². The molecule has 1 atom stereocenters. The first kappa shape index (κ1) is 18.8. The Bertz CT molecular complexity index is 622. The first-order valence-electron chi connectivity index (χ1n) is 6.87. The summed E-state index contributed by atoms with van der Waals surface area (Å²) in [4.78, 5) is 0.501. The number of hydrogen-bond acceptors (Lipinski definition) is 7. The molecule has 0 bridgehead atoms. The summed E-state index contributed by atoms with van der Waals surface area (Å²) in [5.74, 6) is -0.322. The zero-order valence-electron chi connectivity index (χ0n) is 13.0. The number of nitriles is 2. The van der Waals surface area contributed by atoms with E-state index in [1.807, 2.05) is 6.07 Å². The molecule has 0 aliphatic heterocycles. The molecule has 0 saturated heterocycles. The zero-order valence-corrected chi connectivity index (χ0v) is 14.7. The van der Waals surface area contributed by atoms with E-state index in [0.29, 0.717) is 10.4 Å². The Labute approximate surface area is 134 Å². The standard InChI is InChI=1S/C14H19N2O4PS/c1-5-18-21(17,19-6-2)20-14(10-16,11(3)4)13-7-12(8-15)9-22-13/h7,9,11H,5-6H2,1-4H3. The number of nitrogens with zero attached hydrogens (tertiary/aromatic N) is 2. The predicted octanol–water partition coefficient (Wildman–Crippen LogP) is 4.19. The van der Waals surface area contributed by atoms with Crippen LogP contribution >= 0.6 is 19.2 Å². The van der Waals surface area contributed by atoms with Crippen LogP contribution in [0, 0.1) is 28.6 Å². The van der Waals surface area contributed by atoms with Gasteiger partial charge in [-0.1, -0.05) is 13.8 Å². The van der Waals surface area contributed by atoms with Crippen LogP contribution in [0.15, 0.2) is 11.4 Å². The van der Waals surface area contributed by atoms with E-state index < -0.39 is 13.4 Å². The van der Waals surface area contributed by atoms with E-state index in [-0.39, 0.29) is 19.1 Å². The van der Waals surface area contributed by atoms with Crippen molar-refractivity contribution in [1.82, 2.24) is 0 Å². The van der Waals surface area contributed by atoms with Gasteiger partial charge in [-0.2, -0.15) is 10.5 Å². The van der Waals surface area contributed by atoms with E-state index in [4.69, 9.17) is 18.8 Å². The largest absolute Gasteiger partial charge is 0.476 e. The number of phosphoric ester groups is 1. The van der Waals surface area contributed by atoms with E-state index in [2.05, 4.69) is 6.07 Å². The van der Waals surface area contributed by atoms with Gasteiger partial charge in [-0.05, 0) is 19.9 Å². The normalized spacial score (nSPS) is 14.3. The molecule has 1 rings (SSSR count). The Morgan fingerprint density at radius 3 is 2.27 bits per heavy atom. The zero-order chi connectivity index (χ0) is 16.8. The smallest absolute Gasteiger partial charge is 0.287 e. The highest BCUT2D eigenvalue weighted by molar-refractivity contribution is 7.48. The van der Waals surface area contributed by atoms with E-state index in [9.17, 15) is 9.83 Å². The minimum atomic E-state index is -3.87. The molecular weight excluding hydrogens is 323 g/mol. The van der Waals surface area contributed by atoms with E-state index in [1.165, 1.54) is 11.3 Å². The molecular formula is C14H19N2O4PS. The van der Waals surface area contributed by atoms with Crippen LogP contribution in [-0.2, 0) is 23.7 Å². The number of hydrogen-bond donors (Lipinski definition) is 0. The van der Waals surface area contributed by atoms with Gasteiger partial charge in [0.2, 0.25) is 5.60 Å². The van der Waals surface area contributed by atoms with Gasteiger partial charge in [0.25, 0.3) is 0 Å². The van der Waals surface area contributed by atoms with Crippen molar-refractivity contribution in [3.63, 3.8) is 0 Å². The second-order valence-corrected chi connectivity index (χ2v) is 7.19. The summed E-state index contributed by atoms with van der Waals surface area (Å²) in [5.41, 5.74) is -1.08. The lowest BCUT2D eigenvalue weighted by Crippen LogP contribution is -2.32. The lowest BCUT2D eigenvalue weighted by atomic mass is 9.90.